The lowest BCUT2D eigenvalue weighted by molar-refractivity contribution is 0.342. The van der Waals surface area contributed by atoms with E-state index in [2.05, 4.69) is 4.36 Å². The van der Waals surface area contributed by atoms with Crippen LogP contribution in [0.5, 0.6) is 5.75 Å². The van der Waals surface area contributed by atoms with Gasteiger partial charge in [-0.25, -0.2) is 4.21 Å². The molecule has 0 aromatic heterocycles. The van der Waals surface area contributed by atoms with Gasteiger partial charge in [0, 0.05) is 28.3 Å². The summed E-state index contributed by atoms with van der Waals surface area (Å²) < 4.78 is 20.9. The molecule has 0 aliphatic rings. The minimum atomic E-state index is -2.14. The van der Waals surface area contributed by atoms with Crippen molar-refractivity contribution in [2.45, 2.75) is 6.92 Å². The van der Waals surface area contributed by atoms with E-state index in [9.17, 15) is 4.21 Å². The molecule has 0 bridgehead atoms. The quantitative estimate of drug-likeness (QED) is 0.805. The van der Waals surface area contributed by atoms with Gasteiger partial charge in [-0.05, 0) is 19.1 Å². The van der Waals surface area contributed by atoms with Crippen molar-refractivity contribution in [1.82, 2.24) is 0 Å². The Bertz CT molecular complexity index is 454. The van der Waals surface area contributed by atoms with Crippen molar-refractivity contribution in [2.24, 2.45) is 4.36 Å². The van der Waals surface area contributed by atoms with E-state index >= 15 is 0 Å². The highest BCUT2D eigenvalue weighted by Crippen LogP contribution is 2.27. The lowest BCUT2D eigenvalue weighted by Crippen LogP contribution is -1.96. The summed E-state index contributed by atoms with van der Waals surface area (Å²) in [4.78, 5) is 0. The van der Waals surface area contributed by atoms with Crippen LogP contribution < -0.4 is 10.5 Å². The van der Waals surface area contributed by atoms with Crippen molar-refractivity contribution >= 4 is 21.1 Å². The third-order valence-electron chi connectivity index (χ3n) is 1.62. The fourth-order valence-electron chi connectivity index (χ4n) is 1.11. The second-order valence-electron chi connectivity index (χ2n) is 3.43. The second-order valence-corrected chi connectivity index (χ2v) is 5.97. The number of benzene rings is 1. The molecular formula is C10H16N2O2S. The molecule has 0 saturated carbocycles. The Balaban J connectivity index is 3.14. The third-order valence-corrected chi connectivity index (χ3v) is 2.27. The minimum absolute atomic E-state index is 0.543. The lowest BCUT2D eigenvalue weighted by Gasteiger charge is -2.07. The van der Waals surface area contributed by atoms with Crippen LogP contribution >= 0.6 is 0 Å². The van der Waals surface area contributed by atoms with E-state index in [-0.39, 0.29) is 0 Å². The summed E-state index contributed by atoms with van der Waals surface area (Å²) in [6, 6.07) is 5.13. The van der Waals surface area contributed by atoms with E-state index in [1.54, 1.807) is 30.7 Å². The Hall–Kier alpha value is -1.23. The smallest absolute Gasteiger partial charge is 0.144 e. The molecule has 0 spiro atoms. The molecule has 0 atom stereocenters. The van der Waals surface area contributed by atoms with Crippen LogP contribution in [0.3, 0.4) is 0 Å². The van der Waals surface area contributed by atoms with Gasteiger partial charge >= 0.3 is 0 Å². The number of nitrogen functional groups attached to an aromatic ring is 1. The number of rotatable bonds is 3. The number of anilines is 1. The summed E-state index contributed by atoms with van der Waals surface area (Å²) >= 11 is 0. The topological polar surface area (TPSA) is 64.7 Å². The predicted molar refractivity (Wildman–Crippen MR) is 64.1 cm³/mol. The van der Waals surface area contributed by atoms with Gasteiger partial charge in [0.1, 0.15) is 5.75 Å². The van der Waals surface area contributed by atoms with Gasteiger partial charge in [0.25, 0.3) is 0 Å². The van der Waals surface area contributed by atoms with E-state index in [1.165, 1.54) is 0 Å². The first kappa shape index (κ1) is 11.8. The fourth-order valence-corrected chi connectivity index (χ4v) is 1.74. The number of hydrogen-bond acceptors (Lipinski definition) is 4. The van der Waals surface area contributed by atoms with Crippen molar-refractivity contribution in [3.05, 3.63) is 18.2 Å². The Morgan fingerprint density at radius 3 is 2.67 bits per heavy atom. The van der Waals surface area contributed by atoms with E-state index in [4.69, 9.17) is 10.5 Å². The molecule has 84 valence electrons. The largest absolute Gasteiger partial charge is 0.492 e. The third kappa shape index (κ3) is 3.79. The average molecular weight is 228 g/mol. The Morgan fingerprint density at radius 1 is 1.47 bits per heavy atom. The average Bonchev–Trinajstić information content (AvgIpc) is 2.09. The SMILES string of the molecule is CCOc1cc(N=S(C)(C)=O)ccc1N. The van der Waals surface area contributed by atoms with Crippen LogP contribution in [-0.4, -0.2) is 23.3 Å². The minimum Gasteiger partial charge on any atom is -0.492 e. The van der Waals surface area contributed by atoms with Crippen molar-refractivity contribution in [2.75, 3.05) is 24.9 Å². The van der Waals surface area contributed by atoms with Crippen molar-refractivity contribution in [3.8, 4) is 5.75 Å². The van der Waals surface area contributed by atoms with Crippen molar-refractivity contribution in [3.63, 3.8) is 0 Å². The number of nitrogens with zero attached hydrogens (tertiary/aromatic N) is 1. The number of nitrogens with two attached hydrogens (primary N) is 1. The molecule has 1 rings (SSSR count). The summed E-state index contributed by atoms with van der Waals surface area (Å²) in [5, 5.41) is 0. The molecule has 0 fully saturated rings. The molecule has 0 aliphatic heterocycles. The molecule has 5 heteroatoms. The molecule has 2 N–H and O–H groups in total. The summed E-state index contributed by atoms with van der Waals surface area (Å²) in [5.41, 5.74) is 6.89. The molecule has 0 saturated heterocycles. The van der Waals surface area contributed by atoms with E-state index in [0.717, 1.165) is 0 Å². The zero-order valence-electron chi connectivity index (χ0n) is 9.19. The Morgan fingerprint density at radius 2 is 2.13 bits per heavy atom. The molecule has 1 aromatic rings. The van der Waals surface area contributed by atoms with Crippen LogP contribution in [0.15, 0.2) is 22.6 Å². The molecule has 0 heterocycles. The highest BCUT2D eigenvalue weighted by atomic mass is 32.2. The second kappa shape index (κ2) is 4.53. The van der Waals surface area contributed by atoms with Crippen LogP contribution in [-0.2, 0) is 9.73 Å². The maximum Gasteiger partial charge on any atom is 0.144 e. The van der Waals surface area contributed by atoms with Gasteiger partial charge in [0.2, 0.25) is 0 Å². The van der Waals surface area contributed by atoms with Crippen LogP contribution in [0.25, 0.3) is 0 Å². The maximum absolute atomic E-state index is 11.5. The van der Waals surface area contributed by atoms with Crippen LogP contribution in [0.2, 0.25) is 0 Å². The summed E-state index contributed by atoms with van der Waals surface area (Å²) in [7, 11) is -2.14. The van der Waals surface area contributed by atoms with Crippen LogP contribution in [0.4, 0.5) is 11.4 Å². The van der Waals surface area contributed by atoms with Gasteiger partial charge in [-0.15, -0.1) is 0 Å². The van der Waals surface area contributed by atoms with E-state index in [0.29, 0.717) is 23.7 Å². The molecular weight excluding hydrogens is 212 g/mol. The summed E-state index contributed by atoms with van der Waals surface area (Å²) in [6.07, 6.45) is 3.17. The normalized spacial score (nSPS) is 11.1. The standard InChI is InChI=1S/C10H16N2O2S/c1-4-14-10-7-8(5-6-9(10)11)12-15(2,3)13/h5-7H,4,11H2,1-3H3. The first-order valence-electron chi connectivity index (χ1n) is 4.62. The molecule has 1 aromatic carbocycles. The van der Waals surface area contributed by atoms with Gasteiger partial charge < -0.3 is 10.5 Å². The first-order chi connectivity index (χ1) is 6.92. The molecule has 15 heavy (non-hydrogen) atoms. The molecule has 0 amide bonds. The maximum atomic E-state index is 11.5. The molecule has 0 radical (unpaired) electrons. The highest BCUT2D eigenvalue weighted by Gasteiger charge is 2.01. The zero-order chi connectivity index (χ0) is 11.5. The molecule has 0 unspecified atom stereocenters. The van der Waals surface area contributed by atoms with Gasteiger partial charge in [0.05, 0.1) is 18.0 Å². The van der Waals surface area contributed by atoms with Crippen molar-refractivity contribution in [1.29, 1.82) is 0 Å². The predicted octanol–water partition coefficient (Wildman–Crippen LogP) is 2.03. The van der Waals surface area contributed by atoms with Gasteiger partial charge in [0.15, 0.2) is 0 Å². The van der Waals surface area contributed by atoms with Gasteiger partial charge in [-0.2, -0.15) is 4.36 Å². The van der Waals surface area contributed by atoms with Crippen LogP contribution in [0.1, 0.15) is 6.92 Å². The Kier molecular flexibility index (Phi) is 3.57. The summed E-state index contributed by atoms with van der Waals surface area (Å²) in [5.74, 6) is 0.586. The number of hydrogen-bond donors (Lipinski definition) is 1. The van der Waals surface area contributed by atoms with E-state index in [1.807, 2.05) is 6.92 Å². The number of ether oxygens (including phenoxy) is 1. The van der Waals surface area contributed by atoms with Crippen molar-refractivity contribution < 1.29 is 8.95 Å². The van der Waals surface area contributed by atoms with E-state index < -0.39 is 9.73 Å². The highest BCUT2D eigenvalue weighted by molar-refractivity contribution is 7.92. The van der Waals surface area contributed by atoms with Crippen LogP contribution in [0, 0.1) is 0 Å². The fraction of sp³-hybridized carbons (Fsp3) is 0.400. The first-order valence-corrected chi connectivity index (χ1v) is 6.95. The zero-order valence-corrected chi connectivity index (χ0v) is 10.0. The van der Waals surface area contributed by atoms with Gasteiger partial charge in [-0.1, -0.05) is 0 Å². The van der Waals surface area contributed by atoms with Gasteiger partial charge in [-0.3, -0.25) is 0 Å². The summed E-state index contributed by atoms with van der Waals surface area (Å²) in [6.45, 7) is 2.42. The molecule has 4 nitrogen and oxygen atoms in total. The Labute approximate surface area is 90.6 Å². The molecule has 0 aliphatic carbocycles. The lowest BCUT2D eigenvalue weighted by atomic mass is 10.2. The monoisotopic (exact) mass is 228 g/mol.